The Morgan fingerprint density at radius 3 is 2.86 bits per heavy atom. The quantitative estimate of drug-likeness (QED) is 0.629. The van der Waals surface area contributed by atoms with Crippen molar-refractivity contribution in [1.29, 1.82) is 0 Å². The number of aromatic nitrogens is 5. The van der Waals surface area contributed by atoms with E-state index in [0.29, 0.717) is 0 Å². The first kappa shape index (κ1) is 13.3. The van der Waals surface area contributed by atoms with E-state index in [4.69, 9.17) is 4.74 Å². The molecule has 0 aliphatic rings. The maximum Gasteiger partial charge on any atom is 0.235 e. The monoisotopic (exact) mass is 313 g/mol. The first-order chi connectivity index (χ1) is 10.7. The molecule has 1 N–H and O–H groups in total. The number of fused-ring (bicyclic) bond motifs is 2. The number of benzene rings is 1. The standard InChI is InChI=1S/C15H15N5OS/c1-8(2)13-17-18-15-20(13)19-14(22-15)12-7-9-6-10(21-3)4-5-11(9)16-12/h4-8,16H,1-3H3. The van der Waals surface area contributed by atoms with Crippen molar-refractivity contribution in [3.63, 3.8) is 0 Å². The number of rotatable bonds is 3. The third-order valence-electron chi connectivity index (χ3n) is 3.59. The van der Waals surface area contributed by atoms with Gasteiger partial charge in [-0.3, -0.25) is 0 Å². The maximum absolute atomic E-state index is 5.27. The molecule has 0 aliphatic heterocycles. The Labute approximate surface area is 130 Å². The lowest BCUT2D eigenvalue weighted by molar-refractivity contribution is 0.415. The lowest BCUT2D eigenvalue weighted by Crippen LogP contribution is -1.97. The smallest absolute Gasteiger partial charge is 0.235 e. The molecule has 0 spiro atoms. The molecule has 0 unspecified atom stereocenters. The molecular formula is C15H15N5OS. The van der Waals surface area contributed by atoms with Gasteiger partial charge in [0.05, 0.1) is 12.8 Å². The molecule has 0 bridgehead atoms. The van der Waals surface area contributed by atoms with Gasteiger partial charge in [0.25, 0.3) is 0 Å². The zero-order chi connectivity index (χ0) is 15.3. The number of ether oxygens (including phenoxy) is 1. The van der Waals surface area contributed by atoms with Crippen LogP contribution in [0.1, 0.15) is 25.6 Å². The summed E-state index contributed by atoms with van der Waals surface area (Å²) in [6.07, 6.45) is 0. The summed E-state index contributed by atoms with van der Waals surface area (Å²) in [6.45, 7) is 4.18. The summed E-state index contributed by atoms with van der Waals surface area (Å²) in [7, 11) is 1.67. The topological polar surface area (TPSA) is 68.1 Å². The van der Waals surface area contributed by atoms with Crippen LogP contribution < -0.4 is 4.74 Å². The zero-order valence-corrected chi connectivity index (χ0v) is 13.3. The molecule has 112 valence electrons. The van der Waals surface area contributed by atoms with Crippen molar-refractivity contribution in [3.8, 4) is 16.5 Å². The summed E-state index contributed by atoms with van der Waals surface area (Å²) in [5.74, 6) is 2.02. The van der Waals surface area contributed by atoms with Crippen molar-refractivity contribution >= 4 is 27.2 Å². The molecule has 7 heteroatoms. The molecular weight excluding hydrogens is 298 g/mol. The van der Waals surface area contributed by atoms with E-state index in [-0.39, 0.29) is 5.92 Å². The molecule has 3 heterocycles. The van der Waals surface area contributed by atoms with E-state index in [1.165, 1.54) is 11.3 Å². The average molecular weight is 313 g/mol. The van der Waals surface area contributed by atoms with Crippen molar-refractivity contribution in [1.82, 2.24) is 24.8 Å². The van der Waals surface area contributed by atoms with Crippen molar-refractivity contribution in [2.75, 3.05) is 7.11 Å². The van der Waals surface area contributed by atoms with Crippen molar-refractivity contribution in [2.24, 2.45) is 0 Å². The van der Waals surface area contributed by atoms with Gasteiger partial charge in [-0.15, -0.1) is 10.2 Å². The maximum atomic E-state index is 5.27. The summed E-state index contributed by atoms with van der Waals surface area (Å²) in [4.78, 5) is 4.21. The Morgan fingerprint density at radius 1 is 1.23 bits per heavy atom. The van der Waals surface area contributed by atoms with E-state index in [2.05, 4.69) is 40.2 Å². The highest BCUT2D eigenvalue weighted by Crippen LogP contribution is 2.30. The highest BCUT2D eigenvalue weighted by Gasteiger charge is 2.16. The lowest BCUT2D eigenvalue weighted by Gasteiger charge is -1.97. The van der Waals surface area contributed by atoms with Crippen LogP contribution in [0.15, 0.2) is 24.3 Å². The van der Waals surface area contributed by atoms with Gasteiger partial charge in [-0.25, -0.2) is 0 Å². The van der Waals surface area contributed by atoms with Gasteiger partial charge in [-0.05, 0) is 24.3 Å². The molecule has 0 saturated heterocycles. The average Bonchev–Trinajstić information content (AvgIpc) is 3.18. The Bertz CT molecular complexity index is 965. The van der Waals surface area contributed by atoms with Crippen molar-refractivity contribution in [2.45, 2.75) is 19.8 Å². The fraction of sp³-hybridized carbons (Fsp3) is 0.267. The van der Waals surface area contributed by atoms with E-state index in [0.717, 1.165) is 38.1 Å². The molecule has 4 aromatic rings. The normalized spacial score (nSPS) is 11.8. The van der Waals surface area contributed by atoms with E-state index in [9.17, 15) is 0 Å². The number of nitrogens with one attached hydrogen (secondary N) is 1. The molecule has 0 saturated carbocycles. The first-order valence-corrected chi connectivity index (χ1v) is 7.86. The van der Waals surface area contributed by atoms with Crippen LogP contribution >= 0.6 is 11.3 Å². The summed E-state index contributed by atoms with van der Waals surface area (Å²) in [6, 6.07) is 8.04. The van der Waals surface area contributed by atoms with Gasteiger partial charge in [0.2, 0.25) is 4.96 Å². The van der Waals surface area contributed by atoms with Gasteiger partial charge < -0.3 is 9.72 Å². The number of hydrogen-bond donors (Lipinski definition) is 1. The number of methoxy groups -OCH3 is 1. The van der Waals surface area contributed by atoms with Crippen LogP contribution in [0, 0.1) is 0 Å². The van der Waals surface area contributed by atoms with Crippen LogP contribution in [0.4, 0.5) is 0 Å². The number of nitrogens with zero attached hydrogens (tertiary/aromatic N) is 4. The first-order valence-electron chi connectivity index (χ1n) is 7.05. The van der Waals surface area contributed by atoms with E-state index < -0.39 is 0 Å². The number of H-pyrrole nitrogens is 1. The van der Waals surface area contributed by atoms with Crippen LogP contribution in [-0.4, -0.2) is 31.9 Å². The number of hydrogen-bond acceptors (Lipinski definition) is 5. The summed E-state index contributed by atoms with van der Waals surface area (Å²) in [5.41, 5.74) is 2.04. The predicted molar refractivity (Wildman–Crippen MR) is 86.6 cm³/mol. The molecule has 0 atom stereocenters. The molecule has 3 aromatic heterocycles. The van der Waals surface area contributed by atoms with Gasteiger partial charge in [-0.1, -0.05) is 25.2 Å². The second kappa shape index (κ2) is 4.81. The van der Waals surface area contributed by atoms with E-state index in [1.54, 1.807) is 7.11 Å². The van der Waals surface area contributed by atoms with Gasteiger partial charge in [0.15, 0.2) is 10.8 Å². The zero-order valence-electron chi connectivity index (χ0n) is 12.5. The van der Waals surface area contributed by atoms with Crippen molar-refractivity contribution in [3.05, 3.63) is 30.1 Å². The van der Waals surface area contributed by atoms with Gasteiger partial charge in [0, 0.05) is 16.8 Å². The van der Waals surface area contributed by atoms with Gasteiger partial charge >= 0.3 is 0 Å². The Kier molecular flexibility index (Phi) is 2.90. The van der Waals surface area contributed by atoms with Gasteiger partial charge in [0.1, 0.15) is 5.75 Å². The highest BCUT2D eigenvalue weighted by atomic mass is 32.1. The Balaban J connectivity index is 1.84. The molecule has 0 amide bonds. The lowest BCUT2D eigenvalue weighted by atomic mass is 10.2. The third-order valence-corrected chi connectivity index (χ3v) is 4.52. The van der Waals surface area contributed by atoms with Crippen LogP contribution in [0.5, 0.6) is 5.75 Å². The molecule has 0 fully saturated rings. The Hall–Kier alpha value is -2.41. The van der Waals surface area contributed by atoms with Gasteiger partial charge in [-0.2, -0.15) is 9.61 Å². The third kappa shape index (κ3) is 1.97. The van der Waals surface area contributed by atoms with E-state index >= 15 is 0 Å². The molecule has 4 rings (SSSR count). The molecule has 0 aliphatic carbocycles. The minimum absolute atomic E-state index is 0.289. The molecule has 1 aromatic carbocycles. The SMILES string of the molecule is COc1ccc2[nH]c(-c3nn4c(C(C)C)nnc4s3)cc2c1. The summed E-state index contributed by atoms with van der Waals surface area (Å²) >= 11 is 1.53. The van der Waals surface area contributed by atoms with E-state index in [1.807, 2.05) is 22.7 Å². The summed E-state index contributed by atoms with van der Waals surface area (Å²) < 4.78 is 7.10. The second-order valence-corrected chi connectivity index (χ2v) is 6.41. The fourth-order valence-electron chi connectivity index (χ4n) is 2.45. The summed E-state index contributed by atoms with van der Waals surface area (Å²) in [5, 5.41) is 15.0. The predicted octanol–water partition coefficient (Wildman–Crippen LogP) is 3.47. The minimum atomic E-state index is 0.289. The van der Waals surface area contributed by atoms with Crippen LogP contribution in [0.2, 0.25) is 0 Å². The molecule has 6 nitrogen and oxygen atoms in total. The van der Waals surface area contributed by atoms with Crippen LogP contribution in [0.3, 0.4) is 0 Å². The van der Waals surface area contributed by atoms with Crippen molar-refractivity contribution < 1.29 is 4.74 Å². The largest absolute Gasteiger partial charge is 0.497 e. The molecule has 22 heavy (non-hydrogen) atoms. The number of aromatic amines is 1. The second-order valence-electron chi connectivity index (χ2n) is 5.45. The van der Waals surface area contributed by atoms with Crippen LogP contribution in [0.25, 0.3) is 26.6 Å². The fourth-order valence-corrected chi connectivity index (χ4v) is 3.27. The highest BCUT2D eigenvalue weighted by molar-refractivity contribution is 7.19. The van der Waals surface area contributed by atoms with Crippen LogP contribution in [-0.2, 0) is 0 Å². The minimum Gasteiger partial charge on any atom is -0.497 e. The molecule has 0 radical (unpaired) electrons. The Morgan fingerprint density at radius 2 is 2.09 bits per heavy atom.